The molecule has 1 unspecified atom stereocenters. The monoisotopic (exact) mass is 222 g/mol. The molecular weight excluding hydrogens is 204 g/mol. The maximum atomic E-state index is 9.09. The fraction of sp³-hybridized carbons (Fsp3) is 0.500. The zero-order valence-corrected chi connectivity index (χ0v) is 9.52. The Labute approximate surface area is 95.6 Å². The Bertz CT molecular complexity index is 348. The first-order valence-corrected chi connectivity index (χ1v) is 5.53. The number of hydrogen-bond acceptors (Lipinski definition) is 4. The number of nitrogens with two attached hydrogens (primary N) is 1. The number of anilines is 2. The van der Waals surface area contributed by atoms with E-state index < -0.39 is 0 Å². The Morgan fingerprint density at radius 2 is 2.31 bits per heavy atom. The van der Waals surface area contributed by atoms with Crippen molar-refractivity contribution in [2.24, 2.45) is 0 Å². The summed E-state index contributed by atoms with van der Waals surface area (Å²) in [4.78, 5) is 2.20. The topological polar surface area (TPSA) is 58.7 Å². The summed E-state index contributed by atoms with van der Waals surface area (Å²) < 4.78 is 5.42. The van der Waals surface area contributed by atoms with E-state index in [4.69, 9.17) is 15.6 Å². The molecule has 0 aromatic heterocycles. The summed E-state index contributed by atoms with van der Waals surface area (Å²) in [5.74, 6) is 0. The van der Waals surface area contributed by atoms with Crippen LogP contribution in [-0.4, -0.2) is 37.5 Å². The first kappa shape index (κ1) is 11.2. The van der Waals surface area contributed by atoms with Gasteiger partial charge in [0.25, 0.3) is 0 Å². The molecule has 16 heavy (non-hydrogen) atoms. The Morgan fingerprint density at radius 3 is 3.00 bits per heavy atom. The average Bonchev–Trinajstić information content (AvgIpc) is 2.28. The number of rotatable bonds is 2. The van der Waals surface area contributed by atoms with E-state index >= 15 is 0 Å². The zero-order valence-electron chi connectivity index (χ0n) is 9.52. The zero-order chi connectivity index (χ0) is 11.5. The molecule has 2 rings (SSSR count). The summed E-state index contributed by atoms with van der Waals surface area (Å²) in [5, 5.41) is 9.09. The molecule has 3 N–H and O–H groups in total. The summed E-state index contributed by atoms with van der Waals surface area (Å²) in [6, 6.07) is 6.02. The van der Waals surface area contributed by atoms with Gasteiger partial charge >= 0.3 is 0 Å². The van der Waals surface area contributed by atoms with Crippen molar-refractivity contribution in [1.82, 2.24) is 0 Å². The minimum absolute atomic E-state index is 0.0673. The molecule has 4 nitrogen and oxygen atoms in total. The Hall–Kier alpha value is -1.26. The maximum absolute atomic E-state index is 9.09. The van der Waals surface area contributed by atoms with Crippen molar-refractivity contribution in [3.8, 4) is 0 Å². The van der Waals surface area contributed by atoms with E-state index in [1.807, 2.05) is 19.1 Å². The predicted molar refractivity (Wildman–Crippen MR) is 64.6 cm³/mol. The molecule has 1 heterocycles. The average molecular weight is 222 g/mol. The van der Waals surface area contributed by atoms with Gasteiger partial charge in [-0.25, -0.2) is 0 Å². The number of nitrogen functional groups attached to an aromatic ring is 1. The highest BCUT2D eigenvalue weighted by atomic mass is 16.5. The molecule has 1 fully saturated rings. The molecule has 0 spiro atoms. The standard InChI is InChI=1S/C12H18N2O2/c1-9-4-10(13)6-11(5-9)14-2-3-16-12(7-14)8-15/h4-6,12,15H,2-3,7-8,13H2,1H3. The molecule has 1 atom stereocenters. The number of aliphatic hydroxyl groups excluding tert-OH is 1. The summed E-state index contributed by atoms with van der Waals surface area (Å²) in [6.07, 6.45) is -0.0875. The molecule has 1 saturated heterocycles. The van der Waals surface area contributed by atoms with Crippen molar-refractivity contribution < 1.29 is 9.84 Å². The van der Waals surface area contributed by atoms with Crippen molar-refractivity contribution in [3.63, 3.8) is 0 Å². The van der Waals surface area contributed by atoms with Crippen LogP contribution in [0, 0.1) is 6.92 Å². The molecule has 0 radical (unpaired) electrons. The minimum Gasteiger partial charge on any atom is -0.399 e. The number of ether oxygens (including phenoxy) is 1. The predicted octanol–water partition coefficient (Wildman–Crippen LogP) is 0.775. The lowest BCUT2D eigenvalue weighted by Crippen LogP contribution is -2.44. The van der Waals surface area contributed by atoms with Crippen LogP contribution in [0.3, 0.4) is 0 Å². The molecule has 0 bridgehead atoms. The van der Waals surface area contributed by atoms with Crippen molar-refractivity contribution in [3.05, 3.63) is 23.8 Å². The van der Waals surface area contributed by atoms with E-state index in [0.29, 0.717) is 6.61 Å². The molecule has 1 aromatic carbocycles. The number of aliphatic hydroxyl groups is 1. The molecule has 0 amide bonds. The molecule has 1 aliphatic rings. The number of morpholine rings is 1. The van der Waals surface area contributed by atoms with Crippen LogP contribution in [0.4, 0.5) is 11.4 Å². The quantitative estimate of drug-likeness (QED) is 0.726. The molecule has 0 saturated carbocycles. The van der Waals surface area contributed by atoms with E-state index in [-0.39, 0.29) is 12.7 Å². The van der Waals surface area contributed by atoms with E-state index in [1.54, 1.807) is 0 Å². The van der Waals surface area contributed by atoms with Gasteiger partial charge in [0.2, 0.25) is 0 Å². The second-order valence-corrected chi connectivity index (χ2v) is 4.22. The van der Waals surface area contributed by atoms with Gasteiger partial charge in [0.05, 0.1) is 19.3 Å². The fourth-order valence-electron chi connectivity index (χ4n) is 2.04. The lowest BCUT2D eigenvalue weighted by molar-refractivity contribution is 0.00357. The van der Waals surface area contributed by atoms with Crippen molar-refractivity contribution in [1.29, 1.82) is 0 Å². The van der Waals surface area contributed by atoms with Crippen LogP contribution in [0.5, 0.6) is 0 Å². The SMILES string of the molecule is Cc1cc(N)cc(N2CCOC(CO)C2)c1. The molecule has 88 valence electrons. The lowest BCUT2D eigenvalue weighted by Gasteiger charge is -2.34. The van der Waals surface area contributed by atoms with Crippen molar-refractivity contribution in [2.45, 2.75) is 13.0 Å². The van der Waals surface area contributed by atoms with Crippen LogP contribution in [0.1, 0.15) is 5.56 Å². The summed E-state index contributed by atoms with van der Waals surface area (Å²) in [6.45, 7) is 4.32. The summed E-state index contributed by atoms with van der Waals surface area (Å²) in [5.41, 5.74) is 8.87. The second kappa shape index (κ2) is 4.72. The smallest absolute Gasteiger partial charge is 0.0980 e. The number of nitrogens with zero attached hydrogens (tertiary/aromatic N) is 1. The van der Waals surface area contributed by atoms with Gasteiger partial charge in [-0.1, -0.05) is 0 Å². The Balaban J connectivity index is 2.16. The Kier molecular flexibility index (Phi) is 3.31. The highest BCUT2D eigenvalue weighted by Crippen LogP contribution is 2.22. The van der Waals surface area contributed by atoms with E-state index in [2.05, 4.69) is 11.0 Å². The summed E-state index contributed by atoms with van der Waals surface area (Å²) in [7, 11) is 0. The molecule has 1 aliphatic heterocycles. The lowest BCUT2D eigenvalue weighted by atomic mass is 10.1. The van der Waals surface area contributed by atoms with Crippen molar-refractivity contribution >= 4 is 11.4 Å². The normalized spacial score (nSPS) is 21.1. The van der Waals surface area contributed by atoms with E-state index in [9.17, 15) is 0 Å². The van der Waals surface area contributed by atoms with Crippen LogP contribution in [0.15, 0.2) is 18.2 Å². The molecule has 1 aromatic rings. The van der Waals surface area contributed by atoms with Gasteiger partial charge in [-0.05, 0) is 30.7 Å². The van der Waals surface area contributed by atoms with Crippen LogP contribution >= 0.6 is 0 Å². The van der Waals surface area contributed by atoms with Gasteiger partial charge in [0.15, 0.2) is 0 Å². The largest absolute Gasteiger partial charge is 0.399 e. The Morgan fingerprint density at radius 1 is 1.50 bits per heavy atom. The third-order valence-electron chi connectivity index (χ3n) is 2.79. The van der Waals surface area contributed by atoms with Crippen LogP contribution in [-0.2, 0) is 4.74 Å². The van der Waals surface area contributed by atoms with E-state index in [0.717, 1.165) is 30.0 Å². The summed E-state index contributed by atoms with van der Waals surface area (Å²) >= 11 is 0. The molecular formula is C12H18N2O2. The maximum Gasteiger partial charge on any atom is 0.0980 e. The first-order chi connectivity index (χ1) is 7.69. The van der Waals surface area contributed by atoms with E-state index in [1.165, 1.54) is 0 Å². The van der Waals surface area contributed by atoms with Crippen molar-refractivity contribution in [2.75, 3.05) is 36.9 Å². The minimum atomic E-state index is -0.0875. The first-order valence-electron chi connectivity index (χ1n) is 5.53. The van der Waals surface area contributed by atoms with Crippen LogP contribution < -0.4 is 10.6 Å². The van der Waals surface area contributed by atoms with Gasteiger partial charge in [-0.15, -0.1) is 0 Å². The third-order valence-corrected chi connectivity index (χ3v) is 2.79. The highest BCUT2D eigenvalue weighted by Gasteiger charge is 2.20. The van der Waals surface area contributed by atoms with Gasteiger partial charge in [0.1, 0.15) is 0 Å². The van der Waals surface area contributed by atoms with Crippen LogP contribution in [0.2, 0.25) is 0 Å². The van der Waals surface area contributed by atoms with Gasteiger partial charge in [-0.2, -0.15) is 0 Å². The van der Waals surface area contributed by atoms with Gasteiger partial charge in [0, 0.05) is 24.5 Å². The highest BCUT2D eigenvalue weighted by molar-refractivity contribution is 5.58. The number of benzene rings is 1. The fourth-order valence-corrected chi connectivity index (χ4v) is 2.04. The number of hydrogen-bond donors (Lipinski definition) is 2. The van der Waals surface area contributed by atoms with Crippen LogP contribution in [0.25, 0.3) is 0 Å². The third kappa shape index (κ3) is 2.46. The molecule has 4 heteroatoms. The molecule has 0 aliphatic carbocycles. The second-order valence-electron chi connectivity index (χ2n) is 4.22. The van der Waals surface area contributed by atoms with Gasteiger partial charge < -0.3 is 20.5 Å². The van der Waals surface area contributed by atoms with Gasteiger partial charge in [-0.3, -0.25) is 0 Å². The number of aryl methyl sites for hydroxylation is 1.